The molecular formula is C24H21FN4O2S2. The van der Waals surface area contributed by atoms with E-state index in [0.29, 0.717) is 26.6 Å². The fourth-order valence-corrected chi connectivity index (χ4v) is 5.75. The van der Waals surface area contributed by atoms with Crippen molar-refractivity contribution >= 4 is 44.9 Å². The van der Waals surface area contributed by atoms with Crippen LogP contribution in [0.3, 0.4) is 0 Å². The Morgan fingerprint density at radius 1 is 1.06 bits per heavy atom. The van der Waals surface area contributed by atoms with Crippen molar-refractivity contribution in [2.45, 2.75) is 24.4 Å². The lowest BCUT2D eigenvalue weighted by Gasteiger charge is -2.25. The van der Waals surface area contributed by atoms with Gasteiger partial charge in [0.25, 0.3) is 5.56 Å². The molecule has 1 fully saturated rings. The molecule has 0 N–H and O–H groups in total. The van der Waals surface area contributed by atoms with Gasteiger partial charge in [0.1, 0.15) is 5.82 Å². The molecule has 4 aromatic rings. The molecule has 0 saturated carbocycles. The molecule has 0 radical (unpaired) electrons. The number of Topliss-reactive ketones (excluding diaryl/α,β-unsaturated/α-hetero) is 1. The van der Waals surface area contributed by atoms with Crippen molar-refractivity contribution in [3.05, 3.63) is 75.8 Å². The number of piperidine rings is 1. The molecule has 5 rings (SSSR count). The van der Waals surface area contributed by atoms with Gasteiger partial charge in [-0.25, -0.2) is 14.4 Å². The van der Waals surface area contributed by atoms with Gasteiger partial charge in [0.15, 0.2) is 16.1 Å². The summed E-state index contributed by atoms with van der Waals surface area (Å²) in [5.74, 6) is -0.332. The van der Waals surface area contributed by atoms with Gasteiger partial charge in [-0.1, -0.05) is 35.2 Å². The second-order valence-electron chi connectivity index (χ2n) is 7.80. The summed E-state index contributed by atoms with van der Waals surface area (Å²) in [5, 5.41) is 1.74. The normalized spacial score (nSPS) is 14.0. The molecule has 33 heavy (non-hydrogen) atoms. The number of hydrogen-bond donors (Lipinski definition) is 0. The van der Waals surface area contributed by atoms with Gasteiger partial charge in [0.2, 0.25) is 0 Å². The monoisotopic (exact) mass is 480 g/mol. The maximum Gasteiger partial charge on any atom is 0.266 e. The Balaban J connectivity index is 1.43. The largest absolute Gasteiger partial charge is 0.348 e. The predicted molar refractivity (Wildman–Crippen MR) is 131 cm³/mol. The number of para-hydroxylation sites is 1. The van der Waals surface area contributed by atoms with Crippen molar-refractivity contribution < 1.29 is 9.18 Å². The fraction of sp³-hybridized carbons (Fsp3) is 0.250. The standard InChI is InChI=1S/C24H21FN4O2S2/c25-16-8-10-17(11-9-16)29-22(31)18-6-2-3-7-19(18)27-24(29)32-15-20(30)21-14-26-23(33-21)28-12-4-1-5-13-28/h2-3,6-11,14H,1,4-5,12-13,15H2. The molecule has 3 heterocycles. The van der Waals surface area contributed by atoms with Crippen LogP contribution < -0.4 is 10.5 Å². The molecule has 9 heteroatoms. The van der Waals surface area contributed by atoms with Crippen LogP contribution in [0.2, 0.25) is 0 Å². The van der Waals surface area contributed by atoms with Gasteiger partial charge in [-0.05, 0) is 55.7 Å². The average Bonchev–Trinajstić information content (AvgIpc) is 3.35. The Morgan fingerprint density at radius 3 is 2.61 bits per heavy atom. The van der Waals surface area contributed by atoms with Crippen LogP contribution in [0.5, 0.6) is 0 Å². The third kappa shape index (κ3) is 4.56. The summed E-state index contributed by atoms with van der Waals surface area (Å²) in [6.45, 7) is 1.95. The Bertz CT molecular complexity index is 1360. The Hall–Kier alpha value is -3.04. The Labute approximate surface area is 198 Å². The zero-order valence-corrected chi connectivity index (χ0v) is 19.4. The van der Waals surface area contributed by atoms with E-state index >= 15 is 0 Å². The topological polar surface area (TPSA) is 68.1 Å². The number of halogens is 1. The van der Waals surface area contributed by atoms with Gasteiger partial charge in [0.05, 0.1) is 33.4 Å². The zero-order chi connectivity index (χ0) is 22.8. The van der Waals surface area contributed by atoms with Gasteiger partial charge in [0, 0.05) is 13.1 Å². The molecule has 0 unspecified atom stereocenters. The van der Waals surface area contributed by atoms with Crippen molar-refractivity contribution in [1.82, 2.24) is 14.5 Å². The number of anilines is 1. The zero-order valence-electron chi connectivity index (χ0n) is 17.7. The van der Waals surface area contributed by atoms with Crippen LogP contribution >= 0.6 is 23.1 Å². The molecule has 0 amide bonds. The van der Waals surface area contributed by atoms with E-state index in [4.69, 9.17) is 0 Å². The molecule has 1 aliphatic rings. The lowest BCUT2D eigenvalue weighted by atomic mass is 10.1. The van der Waals surface area contributed by atoms with Crippen molar-refractivity contribution in [2.24, 2.45) is 0 Å². The minimum Gasteiger partial charge on any atom is -0.348 e. The van der Waals surface area contributed by atoms with E-state index < -0.39 is 0 Å². The molecule has 0 bridgehead atoms. The number of rotatable bonds is 6. The van der Waals surface area contributed by atoms with Crippen LogP contribution in [-0.2, 0) is 0 Å². The van der Waals surface area contributed by atoms with Crippen LogP contribution in [0.25, 0.3) is 16.6 Å². The molecule has 2 aromatic carbocycles. The average molecular weight is 481 g/mol. The number of aromatic nitrogens is 3. The van der Waals surface area contributed by atoms with E-state index in [1.807, 2.05) is 6.07 Å². The minimum atomic E-state index is -0.389. The number of hydrogen-bond acceptors (Lipinski definition) is 7. The first-order valence-electron chi connectivity index (χ1n) is 10.7. The van der Waals surface area contributed by atoms with E-state index in [2.05, 4.69) is 14.9 Å². The maximum absolute atomic E-state index is 13.5. The lowest BCUT2D eigenvalue weighted by Crippen LogP contribution is -2.29. The van der Waals surface area contributed by atoms with Crippen molar-refractivity contribution in [2.75, 3.05) is 23.7 Å². The van der Waals surface area contributed by atoms with Gasteiger partial charge < -0.3 is 4.90 Å². The Morgan fingerprint density at radius 2 is 1.82 bits per heavy atom. The number of carbonyl (C=O) groups is 1. The highest BCUT2D eigenvalue weighted by Crippen LogP contribution is 2.28. The highest BCUT2D eigenvalue weighted by molar-refractivity contribution is 7.99. The maximum atomic E-state index is 13.5. The van der Waals surface area contributed by atoms with E-state index in [0.717, 1.165) is 31.1 Å². The molecule has 6 nitrogen and oxygen atoms in total. The van der Waals surface area contributed by atoms with Crippen LogP contribution in [0.4, 0.5) is 9.52 Å². The Kier molecular flexibility index (Phi) is 6.24. The quantitative estimate of drug-likeness (QED) is 0.221. The highest BCUT2D eigenvalue weighted by atomic mass is 32.2. The summed E-state index contributed by atoms with van der Waals surface area (Å²) in [7, 11) is 0. The van der Waals surface area contributed by atoms with E-state index in [-0.39, 0.29) is 22.9 Å². The first-order valence-corrected chi connectivity index (χ1v) is 12.5. The summed E-state index contributed by atoms with van der Waals surface area (Å²) >= 11 is 2.61. The molecule has 1 aliphatic heterocycles. The summed E-state index contributed by atoms with van der Waals surface area (Å²) in [4.78, 5) is 38.1. The second-order valence-corrected chi connectivity index (χ2v) is 9.75. The minimum absolute atomic E-state index is 0.0613. The number of thiazole rings is 1. The predicted octanol–water partition coefficient (Wildman–Crippen LogP) is 4.95. The summed E-state index contributed by atoms with van der Waals surface area (Å²) < 4.78 is 14.9. The smallest absolute Gasteiger partial charge is 0.266 e. The third-order valence-electron chi connectivity index (χ3n) is 5.56. The number of nitrogens with zero attached hydrogens (tertiary/aromatic N) is 4. The third-order valence-corrected chi connectivity index (χ3v) is 7.59. The number of carbonyl (C=O) groups excluding carboxylic acids is 1. The number of ketones is 1. The fourth-order valence-electron chi connectivity index (χ4n) is 3.85. The molecule has 0 atom stereocenters. The van der Waals surface area contributed by atoms with Gasteiger partial charge in [-0.15, -0.1) is 0 Å². The number of thioether (sulfide) groups is 1. The summed E-state index contributed by atoms with van der Waals surface area (Å²) in [6, 6.07) is 12.7. The highest BCUT2D eigenvalue weighted by Gasteiger charge is 2.19. The van der Waals surface area contributed by atoms with Gasteiger partial charge in [-0.2, -0.15) is 0 Å². The van der Waals surface area contributed by atoms with E-state index in [1.54, 1.807) is 24.4 Å². The number of benzene rings is 2. The van der Waals surface area contributed by atoms with E-state index in [1.165, 1.54) is 58.4 Å². The molecular weight excluding hydrogens is 459 g/mol. The first-order chi connectivity index (χ1) is 16.1. The molecule has 1 saturated heterocycles. The SMILES string of the molecule is O=C(CSc1nc2ccccc2c(=O)n1-c1ccc(F)cc1)c1cnc(N2CCCCC2)s1. The second kappa shape index (κ2) is 9.44. The van der Waals surface area contributed by atoms with Crippen LogP contribution in [0.15, 0.2) is 64.7 Å². The molecule has 168 valence electrons. The lowest BCUT2D eigenvalue weighted by molar-refractivity contribution is 0.102. The molecule has 0 aliphatic carbocycles. The summed E-state index contributed by atoms with van der Waals surface area (Å²) in [5.41, 5.74) is 0.799. The van der Waals surface area contributed by atoms with Crippen molar-refractivity contribution in [1.29, 1.82) is 0 Å². The van der Waals surface area contributed by atoms with Crippen LogP contribution in [0.1, 0.15) is 28.9 Å². The van der Waals surface area contributed by atoms with E-state index in [9.17, 15) is 14.0 Å². The molecule has 0 spiro atoms. The van der Waals surface area contributed by atoms with Gasteiger partial charge >= 0.3 is 0 Å². The van der Waals surface area contributed by atoms with Crippen molar-refractivity contribution in [3.8, 4) is 5.69 Å². The van der Waals surface area contributed by atoms with Crippen molar-refractivity contribution in [3.63, 3.8) is 0 Å². The van der Waals surface area contributed by atoms with Crippen LogP contribution in [-0.4, -0.2) is 39.2 Å². The van der Waals surface area contributed by atoms with Crippen LogP contribution in [0, 0.1) is 5.82 Å². The molecule has 2 aromatic heterocycles. The first kappa shape index (κ1) is 21.8. The summed E-state index contributed by atoms with van der Waals surface area (Å²) in [6.07, 6.45) is 5.16. The van der Waals surface area contributed by atoms with Gasteiger partial charge in [-0.3, -0.25) is 14.2 Å². The number of fused-ring (bicyclic) bond motifs is 1.